The van der Waals surface area contributed by atoms with Gasteiger partial charge in [-0.05, 0) is 48.0 Å². The Hall–Kier alpha value is -0.780. The fraction of sp³-hybridized carbons (Fsp3) is 0.500. The number of allylic oxidation sites excluding steroid dienone is 4. The van der Waals surface area contributed by atoms with E-state index in [4.69, 9.17) is 0 Å². The molecule has 1 rings (SSSR count). The van der Waals surface area contributed by atoms with E-state index in [1.807, 2.05) is 0 Å². The molecule has 66 valence electrons. The van der Waals surface area contributed by atoms with Crippen LogP contribution >= 0.6 is 0 Å². The Kier molecular flexibility index (Phi) is 2.27. The molecule has 0 saturated heterocycles. The van der Waals surface area contributed by atoms with Crippen LogP contribution in [-0.4, -0.2) is 0 Å². The van der Waals surface area contributed by atoms with Crippen LogP contribution in [0.1, 0.15) is 27.7 Å². The largest absolute Gasteiger partial charge is 0.0953 e. The van der Waals surface area contributed by atoms with E-state index >= 15 is 0 Å². The predicted molar refractivity (Wildman–Crippen MR) is 55.0 cm³/mol. The fourth-order valence-electron chi connectivity index (χ4n) is 1.77. The molecule has 0 amide bonds. The zero-order chi connectivity index (χ0) is 9.46. The van der Waals surface area contributed by atoms with E-state index in [0.717, 1.165) is 0 Å². The molecule has 0 saturated carbocycles. The van der Waals surface area contributed by atoms with Crippen LogP contribution in [0.3, 0.4) is 0 Å². The van der Waals surface area contributed by atoms with Crippen molar-refractivity contribution in [2.75, 3.05) is 0 Å². The van der Waals surface area contributed by atoms with Crippen LogP contribution in [0.5, 0.6) is 0 Å². The SMILES string of the molecule is C=C1C(C)=C(C)C(=C)C(C)C1C. The van der Waals surface area contributed by atoms with Crippen molar-refractivity contribution in [1.29, 1.82) is 0 Å². The van der Waals surface area contributed by atoms with Gasteiger partial charge in [0.15, 0.2) is 0 Å². The van der Waals surface area contributed by atoms with E-state index in [2.05, 4.69) is 40.9 Å². The second-order valence-corrected chi connectivity index (χ2v) is 3.88. The van der Waals surface area contributed by atoms with Gasteiger partial charge in [0.25, 0.3) is 0 Å². The summed E-state index contributed by atoms with van der Waals surface area (Å²) in [6.07, 6.45) is 0. The average molecular weight is 162 g/mol. The summed E-state index contributed by atoms with van der Waals surface area (Å²) in [5.74, 6) is 1.11. The van der Waals surface area contributed by atoms with Gasteiger partial charge >= 0.3 is 0 Å². The van der Waals surface area contributed by atoms with E-state index in [1.165, 1.54) is 22.3 Å². The van der Waals surface area contributed by atoms with E-state index in [0.29, 0.717) is 11.8 Å². The second-order valence-electron chi connectivity index (χ2n) is 3.88. The fourth-order valence-corrected chi connectivity index (χ4v) is 1.77. The van der Waals surface area contributed by atoms with Crippen LogP contribution in [0.2, 0.25) is 0 Å². The molecule has 1 aliphatic carbocycles. The summed E-state index contributed by atoms with van der Waals surface area (Å²) < 4.78 is 0. The third-order valence-electron chi connectivity index (χ3n) is 3.38. The van der Waals surface area contributed by atoms with Crippen molar-refractivity contribution >= 4 is 0 Å². The highest BCUT2D eigenvalue weighted by molar-refractivity contribution is 5.47. The van der Waals surface area contributed by atoms with Crippen molar-refractivity contribution in [3.8, 4) is 0 Å². The van der Waals surface area contributed by atoms with Gasteiger partial charge in [-0.25, -0.2) is 0 Å². The zero-order valence-corrected chi connectivity index (χ0v) is 8.57. The highest BCUT2D eigenvalue weighted by Gasteiger charge is 2.25. The lowest BCUT2D eigenvalue weighted by Crippen LogP contribution is -2.19. The first-order chi connectivity index (χ1) is 5.46. The van der Waals surface area contributed by atoms with Crippen LogP contribution < -0.4 is 0 Å². The smallest absolute Gasteiger partial charge is 0.0127 e. The number of hydrogen-bond donors (Lipinski definition) is 0. The van der Waals surface area contributed by atoms with Crippen molar-refractivity contribution in [3.63, 3.8) is 0 Å². The normalized spacial score (nSPS) is 31.3. The van der Waals surface area contributed by atoms with Crippen molar-refractivity contribution < 1.29 is 0 Å². The summed E-state index contributed by atoms with van der Waals surface area (Å²) in [4.78, 5) is 0. The Morgan fingerprint density at radius 2 is 1.08 bits per heavy atom. The maximum atomic E-state index is 4.11. The molecule has 0 heterocycles. The molecule has 0 heteroatoms. The lowest BCUT2D eigenvalue weighted by atomic mass is 9.73. The summed E-state index contributed by atoms with van der Waals surface area (Å²) >= 11 is 0. The van der Waals surface area contributed by atoms with Crippen LogP contribution in [-0.2, 0) is 0 Å². The Balaban J connectivity index is 3.17. The lowest BCUT2D eigenvalue weighted by Gasteiger charge is -2.32. The number of hydrogen-bond acceptors (Lipinski definition) is 0. The molecule has 12 heavy (non-hydrogen) atoms. The third-order valence-corrected chi connectivity index (χ3v) is 3.38. The number of rotatable bonds is 0. The summed E-state index contributed by atoms with van der Waals surface area (Å²) in [7, 11) is 0. The highest BCUT2D eigenvalue weighted by Crippen LogP contribution is 2.39. The molecule has 0 N–H and O–H groups in total. The molecule has 0 radical (unpaired) electrons. The molecule has 0 aromatic carbocycles. The van der Waals surface area contributed by atoms with Crippen LogP contribution in [0.25, 0.3) is 0 Å². The van der Waals surface area contributed by atoms with Crippen molar-refractivity contribution in [2.45, 2.75) is 27.7 Å². The molecule has 0 spiro atoms. The molecule has 0 nitrogen and oxygen atoms in total. The van der Waals surface area contributed by atoms with Crippen LogP contribution in [0.4, 0.5) is 0 Å². The summed E-state index contributed by atoms with van der Waals surface area (Å²) in [6.45, 7) is 17.0. The highest BCUT2D eigenvalue weighted by atomic mass is 14.3. The standard InChI is InChI=1S/C12H18/c1-7-8(2)10(4)12(6)11(5)9(7)3/h8,10H,1,6H2,2-5H3. The molecule has 0 aromatic heterocycles. The average Bonchev–Trinajstić information content (AvgIpc) is 2.08. The first-order valence-electron chi connectivity index (χ1n) is 4.52. The predicted octanol–water partition coefficient (Wildman–Crippen LogP) is 3.72. The van der Waals surface area contributed by atoms with Crippen LogP contribution in [0, 0.1) is 11.8 Å². The van der Waals surface area contributed by atoms with Crippen LogP contribution in [0.15, 0.2) is 35.5 Å². The molecule has 0 aliphatic heterocycles. The topological polar surface area (TPSA) is 0 Å². The Morgan fingerprint density at radius 1 is 0.833 bits per heavy atom. The van der Waals surface area contributed by atoms with E-state index in [9.17, 15) is 0 Å². The van der Waals surface area contributed by atoms with Crippen molar-refractivity contribution in [3.05, 3.63) is 35.5 Å². The maximum absolute atomic E-state index is 4.11. The van der Waals surface area contributed by atoms with Gasteiger partial charge in [0.05, 0.1) is 0 Å². The lowest BCUT2D eigenvalue weighted by molar-refractivity contribution is 0.500. The first kappa shape index (κ1) is 9.31. The molecule has 0 aromatic rings. The third kappa shape index (κ3) is 1.16. The monoisotopic (exact) mass is 162 g/mol. The minimum Gasteiger partial charge on any atom is -0.0953 e. The van der Waals surface area contributed by atoms with Gasteiger partial charge < -0.3 is 0 Å². The quantitative estimate of drug-likeness (QED) is 0.509. The van der Waals surface area contributed by atoms with Gasteiger partial charge in [-0.2, -0.15) is 0 Å². The summed E-state index contributed by atoms with van der Waals surface area (Å²) in [6, 6.07) is 0. The molecular formula is C12H18. The molecule has 0 bridgehead atoms. The minimum atomic E-state index is 0.557. The van der Waals surface area contributed by atoms with Crippen molar-refractivity contribution in [1.82, 2.24) is 0 Å². The Labute approximate surface area is 75.7 Å². The van der Waals surface area contributed by atoms with Gasteiger partial charge in [-0.1, -0.05) is 27.0 Å². The molecule has 1 aliphatic rings. The Morgan fingerprint density at radius 3 is 1.33 bits per heavy atom. The van der Waals surface area contributed by atoms with Crippen molar-refractivity contribution in [2.24, 2.45) is 11.8 Å². The Bertz CT molecular complexity index is 238. The van der Waals surface area contributed by atoms with E-state index < -0.39 is 0 Å². The zero-order valence-electron chi connectivity index (χ0n) is 8.57. The molecule has 2 atom stereocenters. The minimum absolute atomic E-state index is 0.557. The summed E-state index contributed by atoms with van der Waals surface area (Å²) in [5.41, 5.74) is 5.25. The van der Waals surface area contributed by atoms with Gasteiger partial charge in [0.2, 0.25) is 0 Å². The molecular weight excluding hydrogens is 144 g/mol. The van der Waals surface area contributed by atoms with Gasteiger partial charge in [-0.3, -0.25) is 0 Å². The maximum Gasteiger partial charge on any atom is -0.0127 e. The van der Waals surface area contributed by atoms with Gasteiger partial charge in [-0.15, -0.1) is 0 Å². The molecule has 2 unspecified atom stereocenters. The van der Waals surface area contributed by atoms with Gasteiger partial charge in [0, 0.05) is 0 Å². The summed E-state index contributed by atoms with van der Waals surface area (Å²) in [5, 5.41) is 0. The second kappa shape index (κ2) is 2.93. The van der Waals surface area contributed by atoms with E-state index in [-0.39, 0.29) is 0 Å². The van der Waals surface area contributed by atoms with E-state index in [1.54, 1.807) is 0 Å². The molecule has 0 fully saturated rings. The first-order valence-corrected chi connectivity index (χ1v) is 4.52. The van der Waals surface area contributed by atoms with Gasteiger partial charge in [0.1, 0.15) is 0 Å².